The van der Waals surface area contributed by atoms with Gasteiger partial charge in [-0.25, -0.2) is 0 Å². The molecule has 0 N–H and O–H groups in total. The maximum atomic E-state index is 2.23. The summed E-state index contributed by atoms with van der Waals surface area (Å²) in [5.74, 6) is 0. The van der Waals surface area contributed by atoms with Crippen LogP contribution in [0.15, 0.2) is 6.08 Å². The van der Waals surface area contributed by atoms with Gasteiger partial charge in [0, 0.05) is 0 Å². The van der Waals surface area contributed by atoms with Crippen LogP contribution in [0.3, 0.4) is 0 Å². The zero-order valence-corrected chi connectivity index (χ0v) is 11.1. The van der Waals surface area contributed by atoms with Crippen molar-refractivity contribution in [1.29, 1.82) is 0 Å². The quantitative estimate of drug-likeness (QED) is 0.621. The fourth-order valence-corrected chi connectivity index (χ4v) is 2.24. The van der Waals surface area contributed by atoms with Crippen molar-refractivity contribution in [2.75, 3.05) is 0 Å². The molecule has 0 spiro atoms. The van der Waals surface area contributed by atoms with Crippen LogP contribution in [0.25, 0.3) is 5.57 Å². The largest absolute Gasteiger partial charge is 0.0841 e. The lowest BCUT2D eigenvalue weighted by Gasteiger charge is -2.19. The molecule has 0 nitrogen and oxygen atoms in total. The Morgan fingerprint density at radius 1 is 0.733 bits per heavy atom. The van der Waals surface area contributed by atoms with E-state index in [0.29, 0.717) is 0 Å². The third-order valence-electron chi connectivity index (χ3n) is 3.83. The molecule has 0 atom stereocenters. The van der Waals surface area contributed by atoms with Gasteiger partial charge < -0.3 is 0 Å². The van der Waals surface area contributed by atoms with Gasteiger partial charge in [-0.15, -0.1) is 0 Å². The molecule has 0 amide bonds. The second-order valence-corrected chi connectivity index (χ2v) is 4.47. The van der Waals surface area contributed by atoms with Crippen molar-refractivity contribution < 1.29 is 0 Å². The van der Waals surface area contributed by atoms with E-state index in [9.17, 15) is 0 Å². The van der Waals surface area contributed by atoms with E-state index in [1.807, 2.05) is 0 Å². The summed E-state index contributed by atoms with van der Waals surface area (Å²) in [6.07, 6.45) is 2.20. The topological polar surface area (TPSA) is 0 Å². The maximum absolute atomic E-state index is 2.23. The van der Waals surface area contributed by atoms with E-state index in [0.717, 1.165) is 0 Å². The van der Waals surface area contributed by atoms with Gasteiger partial charge in [-0.05, 0) is 87.4 Å². The molecule has 0 saturated carbocycles. The fraction of sp³-hybridized carbons (Fsp3) is 0.467. The molecule has 0 bridgehead atoms. The summed E-state index contributed by atoms with van der Waals surface area (Å²) in [5, 5.41) is 0. The Hall–Kier alpha value is -1.04. The normalized spacial score (nSPS) is 12.1. The molecule has 0 fully saturated rings. The van der Waals surface area contributed by atoms with Crippen molar-refractivity contribution in [2.45, 2.75) is 48.5 Å². The van der Waals surface area contributed by atoms with Gasteiger partial charge in [-0.2, -0.15) is 0 Å². The monoisotopic (exact) mass is 202 g/mol. The third kappa shape index (κ3) is 1.86. The van der Waals surface area contributed by atoms with Crippen LogP contribution in [-0.4, -0.2) is 0 Å². The number of hydrogen-bond acceptors (Lipinski definition) is 0. The second kappa shape index (κ2) is 4.22. The Balaban J connectivity index is 3.67. The summed E-state index contributed by atoms with van der Waals surface area (Å²) in [6, 6.07) is 0. The number of hydrogen-bond donors (Lipinski definition) is 0. The summed E-state index contributed by atoms with van der Waals surface area (Å²) >= 11 is 0. The minimum absolute atomic E-state index is 1.39. The number of rotatable bonds is 1. The predicted molar refractivity (Wildman–Crippen MR) is 69.5 cm³/mol. The Bertz CT molecular complexity index is 391. The molecule has 82 valence electrons. The van der Waals surface area contributed by atoms with E-state index < -0.39 is 0 Å². The van der Waals surface area contributed by atoms with E-state index >= 15 is 0 Å². The highest BCUT2D eigenvalue weighted by Gasteiger charge is 2.12. The smallest absolute Gasteiger partial charge is 0.0167 e. The Labute approximate surface area is 94.0 Å². The molecular formula is C15H22. The minimum Gasteiger partial charge on any atom is -0.0841 e. The summed E-state index contributed by atoms with van der Waals surface area (Å²) < 4.78 is 0. The molecule has 15 heavy (non-hydrogen) atoms. The van der Waals surface area contributed by atoms with E-state index in [2.05, 4.69) is 54.5 Å². The van der Waals surface area contributed by atoms with Crippen molar-refractivity contribution in [3.63, 3.8) is 0 Å². The van der Waals surface area contributed by atoms with Gasteiger partial charge in [0.15, 0.2) is 0 Å². The average molecular weight is 202 g/mol. The fourth-order valence-electron chi connectivity index (χ4n) is 2.24. The average Bonchev–Trinajstić information content (AvgIpc) is 2.23. The molecule has 1 aromatic rings. The van der Waals surface area contributed by atoms with Gasteiger partial charge in [0.1, 0.15) is 0 Å². The first-order chi connectivity index (χ1) is 6.91. The van der Waals surface area contributed by atoms with Gasteiger partial charge >= 0.3 is 0 Å². The van der Waals surface area contributed by atoms with Crippen LogP contribution in [0.4, 0.5) is 0 Å². The summed E-state index contributed by atoms with van der Waals surface area (Å²) in [6.45, 7) is 15.4. The van der Waals surface area contributed by atoms with Crippen LogP contribution < -0.4 is 0 Å². The third-order valence-corrected chi connectivity index (χ3v) is 3.83. The van der Waals surface area contributed by atoms with E-state index in [-0.39, 0.29) is 0 Å². The predicted octanol–water partition coefficient (Wildman–Crippen LogP) is 4.65. The first-order valence-electron chi connectivity index (χ1n) is 5.62. The maximum Gasteiger partial charge on any atom is -0.0167 e. The molecule has 0 heterocycles. The van der Waals surface area contributed by atoms with Crippen molar-refractivity contribution in [1.82, 2.24) is 0 Å². The molecule has 1 rings (SSSR count). The Morgan fingerprint density at radius 2 is 1.07 bits per heavy atom. The Kier molecular flexibility index (Phi) is 3.38. The van der Waals surface area contributed by atoms with Crippen LogP contribution in [0.5, 0.6) is 0 Å². The zero-order chi connectivity index (χ0) is 11.7. The van der Waals surface area contributed by atoms with Gasteiger partial charge in [0.25, 0.3) is 0 Å². The van der Waals surface area contributed by atoms with E-state index in [4.69, 9.17) is 0 Å². The van der Waals surface area contributed by atoms with Crippen LogP contribution in [0, 0.1) is 34.6 Å². The van der Waals surface area contributed by atoms with Gasteiger partial charge in [0.05, 0.1) is 0 Å². The second-order valence-electron chi connectivity index (χ2n) is 4.47. The van der Waals surface area contributed by atoms with Crippen molar-refractivity contribution >= 4 is 5.57 Å². The van der Waals surface area contributed by atoms with E-state index in [1.165, 1.54) is 39.0 Å². The van der Waals surface area contributed by atoms with Crippen LogP contribution >= 0.6 is 0 Å². The summed E-state index contributed by atoms with van der Waals surface area (Å²) in [7, 11) is 0. The Morgan fingerprint density at radius 3 is 1.40 bits per heavy atom. The summed E-state index contributed by atoms with van der Waals surface area (Å²) in [5.41, 5.74) is 10.0. The first-order valence-corrected chi connectivity index (χ1v) is 5.62. The van der Waals surface area contributed by atoms with Gasteiger partial charge in [0.2, 0.25) is 0 Å². The molecular weight excluding hydrogens is 180 g/mol. The van der Waals surface area contributed by atoms with Crippen molar-refractivity contribution in [3.8, 4) is 0 Å². The molecule has 0 radical (unpaired) electrons. The zero-order valence-electron chi connectivity index (χ0n) is 11.1. The molecule has 0 aromatic heterocycles. The van der Waals surface area contributed by atoms with Crippen molar-refractivity contribution in [2.24, 2.45) is 0 Å². The molecule has 0 saturated heterocycles. The number of allylic oxidation sites excluding steroid dienone is 2. The minimum atomic E-state index is 1.39. The SMILES string of the molecule is CC=C(C)c1c(C)c(C)c(C)c(C)c1C. The van der Waals surface area contributed by atoms with Crippen LogP contribution in [-0.2, 0) is 0 Å². The van der Waals surface area contributed by atoms with E-state index in [1.54, 1.807) is 0 Å². The molecule has 0 unspecified atom stereocenters. The van der Waals surface area contributed by atoms with Gasteiger partial charge in [-0.3, -0.25) is 0 Å². The highest BCUT2D eigenvalue weighted by molar-refractivity contribution is 5.72. The molecule has 0 aliphatic rings. The lowest BCUT2D eigenvalue weighted by atomic mass is 9.86. The summed E-state index contributed by atoms with van der Waals surface area (Å²) in [4.78, 5) is 0. The van der Waals surface area contributed by atoms with Crippen LogP contribution in [0.1, 0.15) is 47.2 Å². The highest BCUT2D eigenvalue weighted by atomic mass is 14.2. The van der Waals surface area contributed by atoms with Gasteiger partial charge in [-0.1, -0.05) is 6.08 Å². The van der Waals surface area contributed by atoms with Crippen LogP contribution in [0.2, 0.25) is 0 Å². The first kappa shape index (κ1) is 12.0. The molecule has 0 heteroatoms. The molecule has 0 aliphatic heterocycles. The standard InChI is InChI=1S/C15H22/c1-8-9(2)15-13(6)11(4)10(3)12(5)14(15)7/h8H,1-7H3. The lowest BCUT2D eigenvalue weighted by molar-refractivity contribution is 1.15. The molecule has 1 aromatic carbocycles. The molecule has 0 aliphatic carbocycles. The van der Waals surface area contributed by atoms with Crippen molar-refractivity contribution in [3.05, 3.63) is 39.5 Å². The lowest BCUT2D eigenvalue weighted by Crippen LogP contribution is -2.01. The number of benzene rings is 1. The highest BCUT2D eigenvalue weighted by Crippen LogP contribution is 2.30.